The van der Waals surface area contributed by atoms with E-state index >= 15 is 0 Å². The van der Waals surface area contributed by atoms with E-state index in [4.69, 9.17) is 0 Å². The van der Waals surface area contributed by atoms with E-state index in [9.17, 15) is 5.11 Å². The number of nitrogens with zero attached hydrogens (tertiary/aromatic N) is 1. The van der Waals surface area contributed by atoms with Gasteiger partial charge in [0.15, 0.2) is 0 Å². The maximum Gasteiger partial charge on any atom is 0.0580 e. The summed E-state index contributed by atoms with van der Waals surface area (Å²) in [4.78, 5) is 2.47. The molecule has 0 heterocycles. The Bertz CT molecular complexity index is 254. The van der Waals surface area contributed by atoms with Crippen molar-refractivity contribution >= 4 is 0 Å². The zero-order valence-corrected chi connectivity index (χ0v) is 11.9. The molecule has 100 valence electrons. The first-order chi connectivity index (χ1) is 7.88. The molecular weight excluding hydrogens is 210 g/mol. The Balaban J connectivity index is 1.90. The van der Waals surface area contributed by atoms with Crippen molar-refractivity contribution in [1.29, 1.82) is 0 Å². The summed E-state index contributed by atoms with van der Waals surface area (Å²) in [5, 5.41) is 10.2. The van der Waals surface area contributed by atoms with Crippen LogP contribution in [-0.4, -0.2) is 35.7 Å². The van der Waals surface area contributed by atoms with E-state index < -0.39 is 0 Å². The Morgan fingerprint density at radius 1 is 1.12 bits per heavy atom. The molecule has 0 aromatic rings. The third kappa shape index (κ3) is 3.45. The van der Waals surface area contributed by atoms with Gasteiger partial charge in [0.05, 0.1) is 6.10 Å². The highest BCUT2D eigenvalue weighted by atomic mass is 16.3. The van der Waals surface area contributed by atoms with Crippen molar-refractivity contribution in [1.82, 2.24) is 4.90 Å². The lowest BCUT2D eigenvalue weighted by Gasteiger charge is -2.41. The van der Waals surface area contributed by atoms with Crippen molar-refractivity contribution < 1.29 is 5.11 Å². The van der Waals surface area contributed by atoms with Gasteiger partial charge in [0.2, 0.25) is 0 Å². The van der Waals surface area contributed by atoms with Crippen LogP contribution in [0.4, 0.5) is 0 Å². The molecule has 2 aliphatic rings. The summed E-state index contributed by atoms with van der Waals surface area (Å²) in [5.41, 5.74) is 0.399. The van der Waals surface area contributed by atoms with Crippen LogP contribution in [0, 0.1) is 17.3 Å². The van der Waals surface area contributed by atoms with Gasteiger partial charge in [-0.25, -0.2) is 0 Å². The highest BCUT2D eigenvalue weighted by Crippen LogP contribution is 2.41. The normalized spacial score (nSPS) is 35.3. The van der Waals surface area contributed by atoms with E-state index in [1.54, 1.807) is 0 Å². The van der Waals surface area contributed by atoms with E-state index in [0.717, 1.165) is 24.9 Å². The van der Waals surface area contributed by atoms with Gasteiger partial charge in [-0.1, -0.05) is 20.8 Å². The minimum Gasteiger partial charge on any atom is -0.393 e. The lowest BCUT2D eigenvalue weighted by molar-refractivity contribution is 0.00559. The predicted octanol–water partition coefficient (Wildman–Crippen LogP) is 2.90. The van der Waals surface area contributed by atoms with E-state index in [1.165, 1.54) is 25.7 Å². The molecule has 0 amide bonds. The first-order valence-corrected chi connectivity index (χ1v) is 7.26. The van der Waals surface area contributed by atoms with Gasteiger partial charge in [0.25, 0.3) is 0 Å². The molecular formula is C15H29NO. The SMILES string of the molecule is CN(CC1CC(C(C)(C)C)CCC1O)C1CC1. The van der Waals surface area contributed by atoms with Gasteiger partial charge in [-0.2, -0.15) is 0 Å². The molecule has 2 aliphatic carbocycles. The molecule has 0 aromatic heterocycles. The van der Waals surface area contributed by atoms with Crippen molar-refractivity contribution in [2.45, 2.75) is 65.0 Å². The smallest absolute Gasteiger partial charge is 0.0580 e. The van der Waals surface area contributed by atoms with Gasteiger partial charge in [-0.05, 0) is 56.4 Å². The Morgan fingerprint density at radius 3 is 2.29 bits per heavy atom. The molecule has 1 N–H and O–H groups in total. The maximum absolute atomic E-state index is 10.2. The second-order valence-corrected chi connectivity index (χ2v) is 7.37. The molecule has 0 radical (unpaired) electrons. The summed E-state index contributed by atoms with van der Waals surface area (Å²) in [6.45, 7) is 8.13. The molecule has 0 saturated heterocycles. The maximum atomic E-state index is 10.2. The van der Waals surface area contributed by atoms with Crippen molar-refractivity contribution in [2.24, 2.45) is 17.3 Å². The second kappa shape index (κ2) is 4.89. The minimum absolute atomic E-state index is 0.0604. The number of aliphatic hydroxyl groups excluding tert-OH is 1. The fraction of sp³-hybridized carbons (Fsp3) is 1.00. The summed E-state index contributed by atoms with van der Waals surface area (Å²) in [6.07, 6.45) is 6.08. The van der Waals surface area contributed by atoms with Crippen LogP contribution in [0.3, 0.4) is 0 Å². The molecule has 2 saturated carbocycles. The van der Waals surface area contributed by atoms with Crippen LogP contribution in [0.2, 0.25) is 0 Å². The molecule has 0 spiro atoms. The van der Waals surface area contributed by atoms with E-state index in [-0.39, 0.29) is 6.10 Å². The quantitative estimate of drug-likeness (QED) is 0.818. The average molecular weight is 239 g/mol. The minimum atomic E-state index is -0.0604. The summed E-state index contributed by atoms with van der Waals surface area (Å²) in [7, 11) is 2.23. The molecule has 2 fully saturated rings. The zero-order valence-electron chi connectivity index (χ0n) is 11.9. The summed E-state index contributed by atoms with van der Waals surface area (Å²) >= 11 is 0. The fourth-order valence-corrected chi connectivity index (χ4v) is 3.27. The molecule has 3 atom stereocenters. The van der Waals surface area contributed by atoms with E-state index in [0.29, 0.717) is 11.3 Å². The topological polar surface area (TPSA) is 23.5 Å². The molecule has 2 rings (SSSR count). The summed E-state index contributed by atoms with van der Waals surface area (Å²) in [5.74, 6) is 1.28. The number of hydrogen-bond acceptors (Lipinski definition) is 2. The third-order valence-electron chi connectivity index (χ3n) is 4.86. The van der Waals surface area contributed by atoms with Crippen molar-refractivity contribution in [3.63, 3.8) is 0 Å². The molecule has 0 aliphatic heterocycles. The highest BCUT2D eigenvalue weighted by molar-refractivity contribution is 4.89. The van der Waals surface area contributed by atoms with Gasteiger partial charge in [-0.15, -0.1) is 0 Å². The third-order valence-corrected chi connectivity index (χ3v) is 4.86. The first-order valence-electron chi connectivity index (χ1n) is 7.26. The van der Waals surface area contributed by atoms with Gasteiger partial charge in [-0.3, -0.25) is 0 Å². The Hall–Kier alpha value is -0.0800. The Morgan fingerprint density at radius 2 is 1.76 bits per heavy atom. The number of hydrogen-bond donors (Lipinski definition) is 1. The number of aliphatic hydroxyl groups is 1. The van der Waals surface area contributed by atoms with Crippen LogP contribution in [0.5, 0.6) is 0 Å². The molecule has 3 unspecified atom stereocenters. The molecule has 0 bridgehead atoms. The average Bonchev–Trinajstić information content (AvgIpc) is 3.02. The predicted molar refractivity (Wildman–Crippen MR) is 71.9 cm³/mol. The van der Waals surface area contributed by atoms with Gasteiger partial charge < -0.3 is 10.0 Å². The molecule has 17 heavy (non-hydrogen) atoms. The second-order valence-electron chi connectivity index (χ2n) is 7.37. The van der Waals surface area contributed by atoms with Crippen molar-refractivity contribution in [2.75, 3.05) is 13.6 Å². The summed E-state index contributed by atoms with van der Waals surface area (Å²) in [6, 6.07) is 0.817. The zero-order chi connectivity index (χ0) is 12.6. The van der Waals surface area contributed by atoms with Crippen molar-refractivity contribution in [3.05, 3.63) is 0 Å². The number of rotatable bonds is 3. The van der Waals surface area contributed by atoms with E-state index in [1.807, 2.05) is 0 Å². The monoisotopic (exact) mass is 239 g/mol. The van der Waals surface area contributed by atoms with Gasteiger partial charge in [0.1, 0.15) is 0 Å². The highest BCUT2D eigenvalue weighted by Gasteiger charge is 2.37. The lowest BCUT2D eigenvalue weighted by Crippen LogP contribution is -2.40. The van der Waals surface area contributed by atoms with Crippen LogP contribution >= 0.6 is 0 Å². The van der Waals surface area contributed by atoms with Crippen LogP contribution in [-0.2, 0) is 0 Å². The first kappa shape index (κ1) is 13.4. The lowest BCUT2D eigenvalue weighted by atomic mass is 9.68. The Kier molecular flexibility index (Phi) is 3.84. The van der Waals surface area contributed by atoms with Gasteiger partial charge >= 0.3 is 0 Å². The molecule has 0 aromatic carbocycles. The molecule has 2 heteroatoms. The van der Waals surface area contributed by atoms with Crippen LogP contribution < -0.4 is 0 Å². The largest absolute Gasteiger partial charge is 0.393 e. The van der Waals surface area contributed by atoms with Crippen LogP contribution in [0.15, 0.2) is 0 Å². The standard InChI is InChI=1S/C15H29NO/c1-15(2,3)12-5-8-14(17)11(9-12)10-16(4)13-6-7-13/h11-14,17H,5-10H2,1-4H3. The van der Waals surface area contributed by atoms with Crippen molar-refractivity contribution in [3.8, 4) is 0 Å². The fourth-order valence-electron chi connectivity index (χ4n) is 3.27. The Labute approximate surface area is 106 Å². The summed E-state index contributed by atoms with van der Waals surface area (Å²) < 4.78 is 0. The molecule has 2 nitrogen and oxygen atoms in total. The van der Waals surface area contributed by atoms with Crippen LogP contribution in [0.1, 0.15) is 52.9 Å². The van der Waals surface area contributed by atoms with Gasteiger partial charge in [0, 0.05) is 12.6 Å². The van der Waals surface area contributed by atoms with Crippen LogP contribution in [0.25, 0.3) is 0 Å². The van der Waals surface area contributed by atoms with E-state index in [2.05, 4.69) is 32.7 Å².